The molecule has 1 saturated heterocycles. The highest BCUT2D eigenvalue weighted by atomic mass is 32.1. The Morgan fingerprint density at radius 1 is 1.19 bits per heavy atom. The number of rotatable bonds is 7. The number of benzene rings is 2. The van der Waals surface area contributed by atoms with E-state index >= 15 is 0 Å². The molecule has 1 atom stereocenters. The van der Waals surface area contributed by atoms with Gasteiger partial charge in [-0.2, -0.15) is 0 Å². The van der Waals surface area contributed by atoms with Gasteiger partial charge in [-0.1, -0.05) is 24.3 Å². The molecule has 9 heteroatoms. The number of nitrogens with one attached hydrogen (secondary N) is 1. The molecule has 1 fully saturated rings. The molecule has 0 saturated carbocycles. The summed E-state index contributed by atoms with van der Waals surface area (Å²) in [6.07, 6.45) is 0.221. The number of hydrogen-bond acceptors (Lipinski definition) is 7. The van der Waals surface area contributed by atoms with Crippen LogP contribution in [0, 0.1) is 0 Å². The minimum Gasteiger partial charge on any atom is -0.546 e. The maximum Gasteiger partial charge on any atom is 0.270 e. The molecular weight excluding hydrogens is 420 g/mol. The number of thiocarbonyl (C=S) groups is 1. The SMILES string of the molecule is CCOc1cc(/C=C2/C(=O)NC(=S)N(c3ccccc3)C2=O)ccc1O[C@H](C)C(=O)[O-]. The largest absolute Gasteiger partial charge is 0.546 e. The van der Waals surface area contributed by atoms with Gasteiger partial charge in [0.2, 0.25) is 0 Å². The van der Waals surface area contributed by atoms with Crippen molar-refractivity contribution in [3.8, 4) is 11.5 Å². The van der Waals surface area contributed by atoms with E-state index in [0.717, 1.165) is 0 Å². The molecule has 160 valence electrons. The van der Waals surface area contributed by atoms with Crippen LogP contribution in [0.1, 0.15) is 19.4 Å². The average molecular weight is 439 g/mol. The lowest BCUT2D eigenvalue weighted by Crippen LogP contribution is -2.54. The number of ether oxygens (including phenoxy) is 2. The van der Waals surface area contributed by atoms with Crippen LogP contribution in [-0.2, 0) is 14.4 Å². The van der Waals surface area contributed by atoms with Gasteiger partial charge in [0.1, 0.15) is 11.7 Å². The third kappa shape index (κ3) is 4.89. The van der Waals surface area contributed by atoms with Crippen molar-refractivity contribution in [1.82, 2.24) is 5.32 Å². The third-order valence-corrected chi connectivity index (χ3v) is 4.61. The Morgan fingerprint density at radius 2 is 1.90 bits per heavy atom. The maximum absolute atomic E-state index is 13.0. The summed E-state index contributed by atoms with van der Waals surface area (Å²) in [7, 11) is 0. The summed E-state index contributed by atoms with van der Waals surface area (Å²) >= 11 is 5.17. The smallest absolute Gasteiger partial charge is 0.270 e. The fraction of sp³-hybridized carbons (Fsp3) is 0.182. The van der Waals surface area contributed by atoms with Crippen LogP contribution in [0.3, 0.4) is 0 Å². The van der Waals surface area contributed by atoms with Crippen LogP contribution in [-0.4, -0.2) is 35.6 Å². The van der Waals surface area contributed by atoms with Crippen molar-refractivity contribution in [1.29, 1.82) is 0 Å². The molecule has 31 heavy (non-hydrogen) atoms. The fourth-order valence-electron chi connectivity index (χ4n) is 2.85. The quantitative estimate of drug-likeness (QED) is 0.395. The van der Waals surface area contributed by atoms with Crippen LogP contribution < -0.4 is 24.8 Å². The number of carboxylic acid groups (broad SMARTS) is 1. The van der Waals surface area contributed by atoms with Gasteiger partial charge in [0.05, 0.1) is 18.3 Å². The predicted octanol–water partition coefficient (Wildman–Crippen LogP) is 1.43. The van der Waals surface area contributed by atoms with Gasteiger partial charge in [-0.25, -0.2) is 0 Å². The second kappa shape index (κ2) is 9.40. The molecule has 1 heterocycles. The monoisotopic (exact) mass is 439 g/mol. The lowest BCUT2D eigenvalue weighted by Gasteiger charge is -2.28. The van der Waals surface area contributed by atoms with Crippen molar-refractivity contribution in [3.05, 3.63) is 59.7 Å². The molecule has 2 aromatic rings. The summed E-state index contributed by atoms with van der Waals surface area (Å²) in [6, 6.07) is 13.4. The Bertz CT molecular complexity index is 1070. The number of para-hydroxylation sites is 1. The van der Waals surface area contributed by atoms with E-state index in [-0.39, 0.29) is 22.2 Å². The number of anilines is 1. The molecule has 1 N–H and O–H groups in total. The first kappa shape index (κ1) is 22.0. The Balaban J connectivity index is 1.96. The number of carbonyl (C=O) groups is 3. The van der Waals surface area contributed by atoms with E-state index in [4.69, 9.17) is 21.7 Å². The number of nitrogens with zero attached hydrogens (tertiary/aromatic N) is 1. The lowest BCUT2D eigenvalue weighted by molar-refractivity contribution is -0.312. The molecule has 8 nitrogen and oxygen atoms in total. The van der Waals surface area contributed by atoms with Crippen molar-refractivity contribution in [2.45, 2.75) is 20.0 Å². The normalized spacial score (nSPS) is 16.1. The highest BCUT2D eigenvalue weighted by molar-refractivity contribution is 7.80. The van der Waals surface area contributed by atoms with Crippen LogP contribution in [0.25, 0.3) is 6.08 Å². The molecule has 1 aliphatic rings. The molecule has 0 radical (unpaired) electrons. The van der Waals surface area contributed by atoms with Gasteiger partial charge in [0.25, 0.3) is 11.8 Å². The molecule has 2 aromatic carbocycles. The van der Waals surface area contributed by atoms with E-state index < -0.39 is 23.9 Å². The van der Waals surface area contributed by atoms with Gasteiger partial charge >= 0.3 is 0 Å². The van der Waals surface area contributed by atoms with Crippen LogP contribution >= 0.6 is 12.2 Å². The number of carbonyl (C=O) groups excluding carboxylic acids is 3. The zero-order chi connectivity index (χ0) is 22.5. The van der Waals surface area contributed by atoms with Crippen LogP contribution in [0.15, 0.2) is 54.1 Å². The highest BCUT2D eigenvalue weighted by Gasteiger charge is 2.34. The zero-order valence-corrected chi connectivity index (χ0v) is 17.6. The first-order chi connectivity index (χ1) is 14.8. The second-order valence-corrected chi connectivity index (χ2v) is 6.90. The molecular formula is C22H19N2O6S-. The van der Waals surface area contributed by atoms with Gasteiger partial charge in [-0.3, -0.25) is 19.8 Å². The average Bonchev–Trinajstić information content (AvgIpc) is 2.73. The number of carboxylic acids is 1. The zero-order valence-electron chi connectivity index (χ0n) is 16.8. The molecule has 0 unspecified atom stereocenters. The summed E-state index contributed by atoms with van der Waals surface area (Å²) < 4.78 is 10.9. The first-order valence-electron chi connectivity index (χ1n) is 9.42. The van der Waals surface area contributed by atoms with Gasteiger partial charge in [0.15, 0.2) is 16.6 Å². The van der Waals surface area contributed by atoms with E-state index in [1.54, 1.807) is 49.4 Å². The third-order valence-electron chi connectivity index (χ3n) is 4.33. The van der Waals surface area contributed by atoms with Crippen molar-refractivity contribution in [3.63, 3.8) is 0 Å². The Hall–Kier alpha value is -3.72. The van der Waals surface area contributed by atoms with Crippen molar-refractivity contribution in [2.24, 2.45) is 0 Å². The van der Waals surface area contributed by atoms with Crippen LogP contribution in [0.4, 0.5) is 5.69 Å². The van der Waals surface area contributed by atoms with E-state index in [2.05, 4.69) is 5.32 Å². The van der Waals surface area contributed by atoms with E-state index in [1.807, 2.05) is 0 Å². The van der Waals surface area contributed by atoms with Gasteiger partial charge in [-0.15, -0.1) is 0 Å². The predicted molar refractivity (Wildman–Crippen MR) is 115 cm³/mol. The highest BCUT2D eigenvalue weighted by Crippen LogP contribution is 2.31. The Kier molecular flexibility index (Phi) is 6.66. The number of amides is 2. The minimum atomic E-state index is -1.37. The van der Waals surface area contributed by atoms with E-state index in [1.165, 1.54) is 24.0 Å². The van der Waals surface area contributed by atoms with Gasteiger partial charge < -0.3 is 19.4 Å². The minimum absolute atomic E-state index is 0.00614. The van der Waals surface area contributed by atoms with Gasteiger partial charge in [0, 0.05) is 0 Å². The molecule has 2 amide bonds. The lowest BCUT2D eigenvalue weighted by atomic mass is 10.1. The van der Waals surface area contributed by atoms with Gasteiger partial charge in [-0.05, 0) is 62.0 Å². The first-order valence-corrected chi connectivity index (χ1v) is 9.83. The molecule has 0 aromatic heterocycles. The van der Waals surface area contributed by atoms with Crippen LogP contribution in [0.2, 0.25) is 0 Å². The molecule has 3 rings (SSSR count). The summed E-state index contributed by atoms with van der Waals surface area (Å²) in [5, 5.41) is 13.5. The summed E-state index contributed by atoms with van der Waals surface area (Å²) in [5.74, 6) is -2.08. The summed E-state index contributed by atoms with van der Waals surface area (Å²) in [6.45, 7) is 3.40. The number of aliphatic carboxylic acids is 1. The molecule has 0 bridgehead atoms. The van der Waals surface area contributed by atoms with Crippen molar-refractivity contribution >= 4 is 46.9 Å². The molecule has 1 aliphatic heterocycles. The maximum atomic E-state index is 13.0. The van der Waals surface area contributed by atoms with Crippen molar-refractivity contribution in [2.75, 3.05) is 11.5 Å². The second-order valence-electron chi connectivity index (χ2n) is 6.51. The summed E-state index contributed by atoms with van der Waals surface area (Å²) in [5.41, 5.74) is 0.895. The number of hydrogen-bond donors (Lipinski definition) is 1. The van der Waals surface area contributed by atoms with Crippen molar-refractivity contribution < 1.29 is 29.0 Å². The fourth-order valence-corrected chi connectivity index (χ4v) is 3.14. The van der Waals surface area contributed by atoms with Crippen LogP contribution in [0.5, 0.6) is 11.5 Å². The topological polar surface area (TPSA) is 108 Å². The summed E-state index contributed by atoms with van der Waals surface area (Å²) in [4.78, 5) is 37.7. The molecule has 0 spiro atoms. The molecule has 0 aliphatic carbocycles. The Labute approximate surface area is 184 Å². The standard InChI is InChI=1S/C22H20N2O6S/c1-3-29-18-12-14(9-10-17(18)30-13(2)21(27)28)11-16-19(25)23-22(31)24(20(16)26)15-7-5-4-6-8-15/h4-13H,3H2,1-2H3,(H,27,28)(H,23,25,31)/p-1/b16-11-/t13-/m1/s1. The van der Waals surface area contributed by atoms with E-state index in [0.29, 0.717) is 17.9 Å². The van der Waals surface area contributed by atoms with E-state index in [9.17, 15) is 19.5 Å². The Morgan fingerprint density at radius 3 is 2.55 bits per heavy atom.